The smallest absolute Gasteiger partial charge is 0.186 e. The minimum atomic E-state index is 0.330. The Labute approximate surface area is 124 Å². The van der Waals surface area contributed by atoms with E-state index in [4.69, 9.17) is 10.5 Å². The third kappa shape index (κ3) is 2.57. The molecule has 1 aliphatic carbocycles. The lowest BCUT2D eigenvalue weighted by molar-refractivity contribution is 0.348. The number of rotatable bonds is 3. The molecule has 1 atom stereocenters. The summed E-state index contributed by atoms with van der Waals surface area (Å²) >= 11 is 0. The number of ether oxygens (including phenoxy) is 1. The average Bonchev–Trinajstić information content (AvgIpc) is 3.04. The number of nitrogens with two attached hydrogens (primary N) is 1. The molecule has 2 aromatic rings. The summed E-state index contributed by atoms with van der Waals surface area (Å²) in [5.41, 5.74) is 7.76. The summed E-state index contributed by atoms with van der Waals surface area (Å²) in [5.74, 6) is 1.46. The molecular weight excluding hydrogens is 266 g/mol. The minimum absolute atomic E-state index is 0.330. The number of methoxy groups -OCH3 is 1. The molecule has 6 nitrogen and oxygen atoms in total. The lowest BCUT2D eigenvalue weighted by Crippen LogP contribution is -2.12. The molecule has 1 unspecified atom stereocenters. The van der Waals surface area contributed by atoms with Crippen LogP contribution < -0.4 is 10.5 Å². The fourth-order valence-electron chi connectivity index (χ4n) is 3.13. The highest BCUT2D eigenvalue weighted by Gasteiger charge is 2.34. The van der Waals surface area contributed by atoms with Crippen molar-refractivity contribution in [1.29, 1.82) is 0 Å². The summed E-state index contributed by atoms with van der Waals surface area (Å²) < 4.78 is 7.34. The first-order valence-electron chi connectivity index (χ1n) is 7.22. The first-order chi connectivity index (χ1) is 10.00. The predicted octanol–water partition coefficient (Wildman–Crippen LogP) is 2.68. The van der Waals surface area contributed by atoms with Crippen LogP contribution in [0.2, 0.25) is 0 Å². The molecule has 0 saturated heterocycles. The Hall–Kier alpha value is -2.11. The van der Waals surface area contributed by atoms with Crippen LogP contribution in [0.15, 0.2) is 18.2 Å². The van der Waals surface area contributed by atoms with Gasteiger partial charge >= 0.3 is 0 Å². The number of tetrazole rings is 1. The summed E-state index contributed by atoms with van der Waals surface area (Å²) in [7, 11) is 1.64. The topological polar surface area (TPSA) is 78.8 Å². The zero-order chi connectivity index (χ0) is 15.0. The molecule has 21 heavy (non-hydrogen) atoms. The molecular formula is C15H21N5O. The largest absolute Gasteiger partial charge is 0.496 e. The van der Waals surface area contributed by atoms with E-state index >= 15 is 0 Å². The molecule has 0 bridgehead atoms. The molecule has 6 heteroatoms. The molecule has 1 fully saturated rings. The second-order valence-corrected chi connectivity index (χ2v) is 6.47. The Bertz CT molecular complexity index is 649. The van der Waals surface area contributed by atoms with Gasteiger partial charge in [-0.25, -0.2) is 4.68 Å². The lowest BCUT2D eigenvalue weighted by Gasteiger charge is -2.18. The van der Waals surface area contributed by atoms with Gasteiger partial charge in [0.05, 0.1) is 18.7 Å². The standard InChI is InChI=1S/C15H21N5O/c1-15(2)7-6-11(9-15)20-14(17-18-19-20)12-8-10(16)4-5-13(12)21-3/h4-5,8,11H,6-7,9,16H2,1-3H3. The second kappa shape index (κ2) is 5.02. The van der Waals surface area contributed by atoms with E-state index in [9.17, 15) is 0 Å². The molecule has 1 aromatic heterocycles. The maximum absolute atomic E-state index is 5.90. The monoisotopic (exact) mass is 287 g/mol. The molecule has 1 heterocycles. The van der Waals surface area contributed by atoms with E-state index in [0.717, 1.165) is 30.0 Å². The Kier molecular flexibility index (Phi) is 3.31. The van der Waals surface area contributed by atoms with Crippen molar-refractivity contribution in [2.24, 2.45) is 5.41 Å². The van der Waals surface area contributed by atoms with E-state index in [-0.39, 0.29) is 0 Å². The van der Waals surface area contributed by atoms with E-state index in [1.807, 2.05) is 22.9 Å². The maximum Gasteiger partial charge on any atom is 0.186 e. The maximum atomic E-state index is 5.90. The molecule has 1 saturated carbocycles. The van der Waals surface area contributed by atoms with E-state index in [0.29, 0.717) is 17.1 Å². The molecule has 0 spiro atoms. The number of nitrogens with zero attached hydrogens (tertiary/aromatic N) is 4. The van der Waals surface area contributed by atoms with E-state index in [1.54, 1.807) is 7.11 Å². The first kappa shape index (κ1) is 13.9. The van der Waals surface area contributed by atoms with Gasteiger partial charge in [0, 0.05) is 5.69 Å². The van der Waals surface area contributed by atoms with Gasteiger partial charge in [-0.3, -0.25) is 0 Å². The Morgan fingerprint density at radius 3 is 2.86 bits per heavy atom. The fourth-order valence-corrected chi connectivity index (χ4v) is 3.13. The summed E-state index contributed by atoms with van der Waals surface area (Å²) in [6.45, 7) is 4.58. The van der Waals surface area contributed by atoms with Gasteiger partial charge in [-0.1, -0.05) is 13.8 Å². The van der Waals surface area contributed by atoms with Crippen LogP contribution >= 0.6 is 0 Å². The van der Waals surface area contributed by atoms with Crippen LogP contribution in [0, 0.1) is 5.41 Å². The number of nitrogen functional groups attached to an aromatic ring is 1. The zero-order valence-electron chi connectivity index (χ0n) is 12.7. The van der Waals surface area contributed by atoms with E-state index < -0.39 is 0 Å². The normalized spacial score (nSPS) is 20.6. The summed E-state index contributed by atoms with van der Waals surface area (Å²) in [6, 6.07) is 5.86. The van der Waals surface area contributed by atoms with Crippen molar-refractivity contribution in [2.45, 2.75) is 39.2 Å². The highest BCUT2D eigenvalue weighted by Crippen LogP contribution is 2.44. The van der Waals surface area contributed by atoms with Gasteiger partial charge in [-0.15, -0.1) is 5.10 Å². The van der Waals surface area contributed by atoms with Crippen molar-refractivity contribution in [3.63, 3.8) is 0 Å². The van der Waals surface area contributed by atoms with Gasteiger partial charge in [0.15, 0.2) is 5.82 Å². The second-order valence-electron chi connectivity index (χ2n) is 6.47. The fraction of sp³-hybridized carbons (Fsp3) is 0.533. The van der Waals surface area contributed by atoms with Crippen molar-refractivity contribution in [3.8, 4) is 17.1 Å². The third-order valence-corrected chi connectivity index (χ3v) is 4.25. The first-order valence-corrected chi connectivity index (χ1v) is 7.22. The van der Waals surface area contributed by atoms with Gasteiger partial charge in [0.25, 0.3) is 0 Å². The Balaban J connectivity index is 2.02. The van der Waals surface area contributed by atoms with Crippen molar-refractivity contribution in [3.05, 3.63) is 18.2 Å². The molecule has 112 valence electrons. The molecule has 0 amide bonds. The molecule has 1 aliphatic rings. The Morgan fingerprint density at radius 1 is 1.38 bits per heavy atom. The predicted molar refractivity (Wildman–Crippen MR) is 80.9 cm³/mol. The van der Waals surface area contributed by atoms with Crippen molar-refractivity contribution in [1.82, 2.24) is 20.2 Å². The average molecular weight is 287 g/mol. The van der Waals surface area contributed by atoms with Gasteiger partial charge in [-0.05, 0) is 53.3 Å². The van der Waals surface area contributed by atoms with Crippen molar-refractivity contribution >= 4 is 5.69 Å². The quantitative estimate of drug-likeness (QED) is 0.878. The number of benzene rings is 1. The highest BCUT2D eigenvalue weighted by molar-refractivity contribution is 5.68. The SMILES string of the molecule is COc1ccc(N)cc1-c1nnnn1C1CCC(C)(C)C1. The third-order valence-electron chi connectivity index (χ3n) is 4.25. The van der Waals surface area contributed by atoms with E-state index in [2.05, 4.69) is 29.4 Å². The van der Waals surface area contributed by atoms with Crippen LogP contribution in [0.25, 0.3) is 11.4 Å². The molecule has 2 N–H and O–H groups in total. The number of hydrogen-bond donors (Lipinski definition) is 1. The summed E-state index contributed by atoms with van der Waals surface area (Å²) in [6.07, 6.45) is 3.36. The van der Waals surface area contributed by atoms with Crippen LogP contribution in [-0.4, -0.2) is 27.3 Å². The Morgan fingerprint density at radius 2 is 2.19 bits per heavy atom. The highest BCUT2D eigenvalue weighted by atomic mass is 16.5. The van der Waals surface area contributed by atoms with Crippen molar-refractivity contribution in [2.75, 3.05) is 12.8 Å². The van der Waals surface area contributed by atoms with Crippen LogP contribution in [-0.2, 0) is 0 Å². The number of hydrogen-bond acceptors (Lipinski definition) is 5. The zero-order valence-corrected chi connectivity index (χ0v) is 12.7. The summed E-state index contributed by atoms with van der Waals surface area (Å²) in [5, 5.41) is 12.3. The van der Waals surface area contributed by atoms with Crippen LogP contribution in [0.1, 0.15) is 39.2 Å². The molecule has 0 radical (unpaired) electrons. The molecule has 1 aromatic carbocycles. The van der Waals surface area contributed by atoms with Crippen LogP contribution in [0.3, 0.4) is 0 Å². The van der Waals surface area contributed by atoms with Crippen molar-refractivity contribution < 1.29 is 4.74 Å². The number of aromatic nitrogens is 4. The van der Waals surface area contributed by atoms with Gasteiger partial charge in [0.1, 0.15) is 5.75 Å². The number of anilines is 1. The summed E-state index contributed by atoms with van der Waals surface area (Å²) in [4.78, 5) is 0. The van der Waals surface area contributed by atoms with Gasteiger partial charge < -0.3 is 10.5 Å². The van der Waals surface area contributed by atoms with Gasteiger partial charge in [0.2, 0.25) is 0 Å². The lowest BCUT2D eigenvalue weighted by atomic mass is 9.92. The van der Waals surface area contributed by atoms with Crippen LogP contribution in [0.4, 0.5) is 5.69 Å². The van der Waals surface area contributed by atoms with Crippen LogP contribution in [0.5, 0.6) is 5.75 Å². The molecule has 0 aliphatic heterocycles. The van der Waals surface area contributed by atoms with E-state index in [1.165, 1.54) is 6.42 Å². The molecule has 3 rings (SSSR count). The van der Waals surface area contributed by atoms with Gasteiger partial charge in [-0.2, -0.15) is 0 Å². The minimum Gasteiger partial charge on any atom is -0.496 e.